The van der Waals surface area contributed by atoms with E-state index in [1.165, 1.54) is 0 Å². The van der Waals surface area contributed by atoms with E-state index in [1.54, 1.807) is 4.90 Å². The van der Waals surface area contributed by atoms with Crippen molar-refractivity contribution in [2.24, 2.45) is 5.92 Å². The van der Waals surface area contributed by atoms with E-state index < -0.39 is 11.1 Å². The number of benzene rings is 1. The molecule has 0 fully saturated rings. The zero-order valence-corrected chi connectivity index (χ0v) is 18.7. The quantitative estimate of drug-likeness (QED) is 0.734. The molecule has 0 radical (unpaired) electrons. The number of para-hydroxylation sites is 1. The third-order valence-corrected chi connectivity index (χ3v) is 5.38. The minimum Gasteiger partial charge on any atom is -0.340 e. The molecule has 9 nitrogen and oxygen atoms in total. The molecule has 2 amide bonds. The molecule has 0 aliphatic carbocycles. The normalized spacial score (nSPS) is 15.2. The largest absolute Gasteiger partial charge is 0.340 e. The van der Waals surface area contributed by atoms with Gasteiger partial charge in [0, 0.05) is 57.0 Å². The Bertz CT molecular complexity index is 1060. The second-order valence-corrected chi connectivity index (χ2v) is 8.42. The molecule has 0 saturated heterocycles. The highest BCUT2D eigenvalue weighted by atomic mass is 16.2. The maximum atomic E-state index is 13.0. The minimum atomic E-state index is -0.437. The van der Waals surface area contributed by atoms with Gasteiger partial charge in [-0.05, 0) is 24.0 Å². The maximum absolute atomic E-state index is 13.0. The number of nitrogens with zero attached hydrogens (tertiary/aromatic N) is 3. The van der Waals surface area contributed by atoms with Gasteiger partial charge in [0.05, 0.1) is 0 Å². The molecular weight excluding hydrogens is 410 g/mol. The fourth-order valence-corrected chi connectivity index (χ4v) is 3.80. The Labute approximate surface area is 187 Å². The van der Waals surface area contributed by atoms with Crippen LogP contribution < -0.4 is 21.3 Å². The van der Waals surface area contributed by atoms with Crippen LogP contribution in [-0.4, -0.2) is 52.7 Å². The van der Waals surface area contributed by atoms with Crippen LogP contribution in [0, 0.1) is 5.92 Å². The predicted molar refractivity (Wildman–Crippen MR) is 122 cm³/mol. The highest BCUT2D eigenvalue weighted by molar-refractivity contribution is 5.94. The van der Waals surface area contributed by atoms with E-state index in [9.17, 15) is 19.2 Å². The van der Waals surface area contributed by atoms with Gasteiger partial charge >= 0.3 is 0 Å². The number of hydrogen-bond acceptors (Lipinski definition) is 5. The molecule has 32 heavy (non-hydrogen) atoms. The summed E-state index contributed by atoms with van der Waals surface area (Å²) in [4.78, 5) is 52.9. The van der Waals surface area contributed by atoms with Gasteiger partial charge in [0.2, 0.25) is 11.8 Å². The number of nitrogens with one attached hydrogen (secondary N) is 2. The van der Waals surface area contributed by atoms with Crippen molar-refractivity contribution in [3.05, 3.63) is 62.7 Å². The Morgan fingerprint density at radius 3 is 2.56 bits per heavy atom. The Morgan fingerprint density at radius 1 is 1.00 bits per heavy atom. The standard InChI is InChI=1S/C23H31N5O4/c1-17(2)14-22(31)27-12-5-11-26(13-10-24-15-18-6-3-4-7-19(18)27)23(32)16-28-21(30)9-8-20(29)25-28/h3-4,6-9,17,24H,5,10-16H2,1-2H3,(H,25,29). The van der Waals surface area contributed by atoms with Gasteiger partial charge in [-0.1, -0.05) is 32.0 Å². The lowest BCUT2D eigenvalue weighted by molar-refractivity contribution is -0.132. The van der Waals surface area contributed by atoms with Crippen LogP contribution >= 0.6 is 0 Å². The molecule has 1 aliphatic rings. The summed E-state index contributed by atoms with van der Waals surface area (Å²) in [5, 5.41) is 5.74. The number of fused-ring (bicyclic) bond motifs is 1. The molecule has 9 heteroatoms. The first-order chi connectivity index (χ1) is 15.3. The van der Waals surface area contributed by atoms with Crippen molar-refractivity contribution in [3.8, 4) is 0 Å². The van der Waals surface area contributed by atoms with Gasteiger partial charge in [0.15, 0.2) is 0 Å². The summed E-state index contributed by atoms with van der Waals surface area (Å²) in [6, 6.07) is 10.2. The van der Waals surface area contributed by atoms with Crippen molar-refractivity contribution < 1.29 is 9.59 Å². The highest BCUT2D eigenvalue weighted by Crippen LogP contribution is 2.23. The highest BCUT2D eigenvalue weighted by Gasteiger charge is 2.22. The predicted octanol–water partition coefficient (Wildman–Crippen LogP) is 0.938. The molecule has 0 saturated carbocycles. The number of H-pyrrole nitrogens is 1. The Kier molecular flexibility index (Phi) is 7.99. The lowest BCUT2D eigenvalue weighted by atomic mass is 10.1. The average Bonchev–Trinajstić information content (AvgIpc) is 2.79. The van der Waals surface area contributed by atoms with E-state index in [0.717, 1.165) is 28.1 Å². The molecule has 2 aromatic rings. The van der Waals surface area contributed by atoms with Crippen molar-refractivity contribution in [1.29, 1.82) is 0 Å². The molecule has 2 N–H and O–H groups in total. The van der Waals surface area contributed by atoms with Gasteiger partial charge in [0.25, 0.3) is 11.1 Å². The van der Waals surface area contributed by atoms with Crippen molar-refractivity contribution in [1.82, 2.24) is 20.0 Å². The lowest BCUT2D eigenvalue weighted by Crippen LogP contribution is -2.42. The molecule has 1 aromatic carbocycles. The topological polar surface area (TPSA) is 108 Å². The second kappa shape index (κ2) is 10.9. The van der Waals surface area contributed by atoms with E-state index in [4.69, 9.17) is 0 Å². The van der Waals surface area contributed by atoms with Gasteiger partial charge in [-0.2, -0.15) is 0 Å². The van der Waals surface area contributed by atoms with Crippen LogP contribution in [0.5, 0.6) is 0 Å². The molecule has 0 spiro atoms. The third kappa shape index (κ3) is 6.16. The van der Waals surface area contributed by atoms with E-state index >= 15 is 0 Å². The molecular formula is C23H31N5O4. The summed E-state index contributed by atoms with van der Waals surface area (Å²) in [7, 11) is 0. The smallest absolute Gasteiger partial charge is 0.265 e. The maximum Gasteiger partial charge on any atom is 0.265 e. The van der Waals surface area contributed by atoms with Crippen LogP contribution in [0.1, 0.15) is 32.3 Å². The zero-order valence-electron chi connectivity index (χ0n) is 18.7. The second-order valence-electron chi connectivity index (χ2n) is 8.42. The minimum absolute atomic E-state index is 0.0676. The Balaban J connectivity index is 1.77. The molecule has 0 atom stereocenters. The number of anilines is 1. The first-order valence-electron chi connectivity index (χ1n) is 11.0. The van der Waals surface area contributed by atoms with Crippen molar-refractivity contribution in [2.45, 2.75) is 39.8 Å². The summed E-state index contributed by atoms with van der Waals surface area (Å²) in [5.74, 6) is 0.0564. The van der Waals surface area contributed by atoms with Gasteiger partial charge in [-0.3, -0.25) is 24.3 Å². The summed E-state index contributed by atoms with van der Waals surface area (Å²) < 4.78 is 1.03. The molecule has 1 aromatic heterocycles. The molecule has 172 valence electrons. The Morgan fingerprint density at radius 2 is 1.78 bits per heavy atom. The lowest BCUT2D eigenvalue weighted by Gasteiger charge is -2.27. The molecule has 0 bridgehead atoms. The van der Waals surface area contributed by atoms with E-state index in [-0.39, 0.29) is 24.3 Å². The molecule has 3 rings (SSSR count). The average molecular weight is 442 g/mol. The number of hydrogen-bond donors (Lipinski definition) is 2. The first-order valence-corrected chi connectivity index (χ1v) is 11.0. The number of carbonyl (C=O) groups excluding carboxylic acids is 2. The molecule has 2 heterocycles. The van der Waals surface area contributed by atoms with E-state index in [0.29, 0.717) is 45.6 Å². The van der Waals surface area contributed by atoms with Crippen molar-refractivity contribution in [2.75, 3.05) is 31.1 Å². The number of carbonyl (C=O) groups is 2. The fourth-order valence-electron chi connectivity index (χ4n) is 3.80. The number of amides is 2. The third-order valence-electron chi connectivity index (χ3n) is 5.38. The summed E-state index contributed by atoms with van der Waals surface area (Å²) in [6.45, 7) is 6.36. The fraction of sp³-hybridized carbons (Fsp3) is 0.478. The summed E-state index contributed by atoms with van der Waals surface area (Å²) in [5.41, 5.74) is 1.07. The van der Waals surface area contributed by atoms with E-state index in [2.05, 4.69) is 10.4 Å². The number of rotatable bonds is 4. The first kappa shape index (κ1) is 23.5. The van der Waals surface area contributed by atoms with Gasteiger partial charge < -0.3 is 15.1 Å². The molecule has 0 unspecified atom stereocenters. The molecule has 1 aliphatic heterocycles. The number of aromatic nitrogens is 2. The van der Waals surface area contributed by atoms with Crippen molar-refractivity contribution in [3.63, 3.8) is 0 Å². The SMILES string of the molecule is CC(C)CC(=O)N1CCCN(C(=O)Cn2[nH]c(=O)ccc2=O)CCNCc2ccccc21. The summed E-state index contributed by atoms with van der Waals surface area (Å²) in [6.07, 6.45) is 1.05. The van der Waals surface area contributed by atoms with Crippen LogP contribution in [0.15, 0.2) is 46.0 Å². The van der Waals surface area contributed by atoms with E-state index in [1.807, 2.05) is 43.0 Å². The van der Waals surface area contributed by atoms with Crippen molar-refractivity contribution >= 4 is 17.5 Å². The monoisotopic (exact) mass is 441 g/mol. The Hall–Kier alpha value is -3.20. The van der Waals surface area contributed by atoms with Gasteiger partial charge in [-0.15, -0.1) is 0 Å². The van der Waals surface area contributed by atoms with Crippen LogP contribution in [0.25, 0.3) is 0 Å². The van der Waals surface area contributed by atoms with Gasteiger partial charge in [0.1, 0.15) is 6.54 Å². The van der Waals surface area contributed by atoms with Crippen LogP contribution in [0.2, 0.25) is 0 Å². The van der Waals surface area contributed by atoms with Crippen LogP contribution in [0.4, 0.5) is 5.69 Å². The van der Waals surface area contributed by atoms with Crippen LogP contribution in [-0.2, 0) is 22.7 Å². The van der Waals surface area contributed by atoms with Crippen LogP contribution in [0.3, 0.4) is 0 Å². The van der Waals surface area contributed by atoms with Gasteiger partial charge in [-0.25, -0.2) is 4.68 Å². The summed E-state index contributed by atoms with van der Waals surface area (Å²) >= 11 is 0. The zero-order chi connectivity index (χ0) is 23.1. The number of aromatic amines is 1.